The summed E-state index contributed by atoms with van der Waals surface area (Å²) in [5.41, 5.74) is 1.38. The summed E-state index contributed by atoms with van der Waals surface area (Å²) in [5, 5.41) is 6.31. The zero-order valence-corrected chi connectivity index (χ0v) is 17.3. The summed E-state index contributed by atoms with van der Waals surface area (Å²) in [6.07, 6.45) is 3.52. The monoisotopic (exact) mass is 428 g/mol. The Morgan fingerprint density at radius 2 is 2.11 bits per heavy atom. The number of benzene rings is 1. The number of urea groups is 1. The third-order valence-electron chi connectivity index (χ3n) is 4.99. The Hall–Kier alpha value is -1.54. The first kappa shape index (κ1) is 21.2. The van der Waals surface area contributed by atoms with Crippen LogP contribution in [0.3, 0.4) is 0 Å². The van der Waals surface area contributed by atoms with Gasteiger partial charge in [0.05, 0.1) is 12.1 Å². The molecule has 0 aromatic heterocycles. The van der Waals surface area contributed by atoms with Crippen LogP contribution in [-0.4, -0.2) is 44.7 Å². The standard InChI is InChI=1S/C18H25N2O6PS/c1-11-8-12(6-7-15(11)26-27(23,24)25)9-13(21)4-2-3-5-16-17-14(10-28-16)19-18(22)20-17/h6-8,14,16-17H,2-5,9-10H2,1H3,(H2,19,20,22)(H2,23,24,25). The number of carbonyl (C=O) groups excluding carboxylic acids is 2. The van der Waals surface area contributed by atoms with E-state index in [4.69, 9.17) is 9.79 Å². The molecule has 0 bridgehead atoms. The van der Waals surface area contributed by atoms with Crippen molar-refractivity contribution in [1.82, 2.24) is 10.6 Å². The van der Waals surface area contributed by atoms with E-state index in [-0.39, 0.29) is 29.6 Å². The molecule has 0 saturated carbocycles. The number of phosphoric acid groups is 1. The second kappa shape index (κ2) is 8.86. The van der Waals surface area contributed by atoms with Crippen LogP contribution < -0.4 is 15.2 Å². The average molecular weight is 428 g/mol. The highest BCUT2D eigenvalue weighted by Gasteiger charge is 2.42. The Balaban J connectivity index is 1.39. The number of thioether (sulfide) groups is 1. The van der Waals surface area contributed by atoms with Crippen molar-refractivity contribution in [3.63, 3.8) is 0 Å². The van der Waals surface area contributed by atoms with Crippen LogP contribution in [0.4, 0.5) is 4.79 Å². The number of rotatable bonds is 9. The van der Waals surface area contributed by atoms with Crippen LogP contribution in [0.15, 0.2) is 18.2 Å². The number of fused-ring (bicyclic) bond motifs is 1. The maximum absolute atomic E-state index is 12.2. The molecule has 1 aromatic rings. The molecule has 3 rings (SSSR count). The lowest BCUT2D eigenvalue weighted by atomic mass is 10.00. The van der Waals surface area contributed by atoms with E-state index >= 15 is 0 Å². The lowest BCUT2D eigenvalue weighted by Gasteiger charge is -2.16. The van der Waals surface area contributed by atoms with Crippen LogP contribution in [0.2, 0.25) is 0 Å². The van der Waals surface area contributed by atoms with Gasteiger partial charge >= 0.3 is 13.9 Å². The minimum atomic E-state index is -4.59. The summed E-state index contributed by atoms with van der Waals surface area (Å²) in [6, 6.07) is 5.20. The number of aryl methyl sites for hydroxylation is 1. The molecule has 8 nitrogen and oxygen atoms in total. The molecule has 3 atom stereocenters. The summed E-state index contributed by atoms with van der Waals surface area (Å²) in [6.45, 7) is 1.68. The normalized spacial score (nSPS) is 23.8. The predicted molar refractivity (Wildman–Crippen MR) is 107 cm³/mol. The molecule has 2 amide bonds. The highest BCUT2D eigenvalue weighted by Crippen LogP contribution is 2.39. The molecule has 0 aliphatic carbocycles. The average Bonchev–Trinajstić information content (AvgIpc) is 3.12. The van der Waals surface area contributed by atoms with Crippen LogP contribution in [-0.2, 0) is 15.8 Å². The number of hydrogen-bond acceptors (Lipinski definition) is 5. The van der Waals surface area contributed by atoms with Crippen molar-refractivity contribution in [2.45, 2.75) is 56.4 Å². The van der Waals surface area contributed by atoms with E-state index in [1.165, 1.54) is 6.07 Å². The molecule has 3 unspecified atom stereocenters. The maximum atomic E-state index is 12.2. The Kier molecular flexibility index (Phi) is 6.70. The van der Waals surface area contributed by atoms with Crippen LogP contribution in [0.1, 0.15) is 36.8 Å². The van der Waals surface area contributed by atoms with Gasteiger partial charge in [-0.25, -0.2) is 9.36 Å². The van der Waals surface area contributed by atoms with E-state index in [1.54, 1.807) is 19.1 Å². The fourth-order valence-corrected chi connectivity index (χ4v) is 5.68. The Morgan fingerprint density at radius 1 is 1.32 bits per heavy atom. The van der Waals surface area contributed by atoms with Crippen molar-refractivity contribution >= 4 is 31.4 Å². The van der Waals surface area contributed by atoms with Crippen LogP contribution >= 0.6 is 19.6 Å². The molecular formula is C18H25N2O6PS. The molecule has 2 heterocycles. The third kappa shape index (κ3) is 5.73. The first-order valence-corrected chi connectivity index (χ1v) is 11.8. The number of carbonyl (C=O) groups is 2. The molecule has 4 N–H and O–H groups in total. The van der Waals surface area contributed by atoms with Gasteiger partial charge in [-0.3, -0.25) is 14.6 Å². The summed E-state index contributed by atoms with van der Waals surface area (Å²) in [4.78, 5) is 41.4. The second-order valence-electron chi connectivity index (χ2n) is 7.26. The van der Waals surface area contributed by atoms with E-state index in [0.717, 1.165) is 30.6 Å². The number of ketones is 1. The fraction of sp³-hybridized carbons (Fsp3) is 0.556. The van der Waals surface area contributed by atoms with Crippen LogP contribution in [0, 0.1) is 6.92 Å². The van der Waals surface area contributed by atoms with Gasteiger partial charge in [-0.2, -0.15) is 11.8 Å². The number of phosphoric ester groups is 1. The molecule has 2 aliphatic heterocycles. The Morgan fingerprint density at radius 3 is 2.82 bits per heavy atom. The highest BCUT2D eigenvalue weighted by molar-refractivity contribution is 8.00. The number of amides is 2. The SMILES string of the molecule is Cc1cc(CC(=O)CCCCC2SCC3NC(=O)NC32)ccc1OP(=O)(O)O. The summed E-state index contributed by atoms with van der Waals surface area (Å²) in [5.74, 6) is 1.19. The lowest BCUT2D eigenvalue weighted by molar-refractivity contribution is -0.118. The number of hydrogen-bond donors (Lipinski definition) is 4. The highest BCUT2D eigenvalue weighted by atomic mass is 32.2. The van der Waals surface area contributed by atoms with E-state index < -0.39 is 7.82 Å². The topological polar surface area (TPSA) is 125 Å². The molecule has 1 aromatic carbocycles. The van der Waals surface area contributed by atoms with Crippen molar-refractivity contribution in [2.75, 3.05) is 5.75 Å². The zero-order chi connectivity index (χ0) is 20.3. The van der Waals surface area contributed by atoms with Gasteiger partial charge in [0, 0.05) is 23.8 Å². The lowest BCUT2D eigenvalue weighted by Crippen LogP contribution is -2.36. The first-order chi connectivity index (χ1) is 13.2. The summed E-state index contributed by atoms with van der Waals surface area (Å²) >= 11 is 1.88. The van der Waals surface area contributed by atoms with Crippen LogP contribution in [0.5, 0.6) is 5.75 Å². The fourth-order valence-electron chi connectivity index (χ4n) is 3.68. The number of nitrogens with one attached hydrogen (secondary N) is 2. The van der Waals surface area contributed by atoms with Crippen molar-refractivity contribution < 1.29 is 28.5 Å². The van der Waals surface area contributed by atoms with E-state index in [0.29, 0.717) is 23.7 Å². The van der Waals surface area contributed by atoms with Gasteiger partial charge in [0.15, 0.2) is 0 Å². The summed E-state index contributed by atoms with van der Waals surface area (Å²) in [7, 11) is -4.59. The first-order valence-electron chi connectivity index (χ1n) is 9.26. The summed E-state index contributed by atoms with van der Waals surface area (Å²) < 4.78 is 15.5. The molecule has 2 aliphatic rings. The molecular weight excluding hydrogens is 403 g/mol. The van der Waals surface area contributed by atoms with Gasteiger partial charge in [0.1, 0.15) is 11.5 Å². The third-order valence-corrected chi connectivity index (χ3v) is 6.93. The van der Waals surface area contributed by atoms with Crippen molar-refractivity contribution in [3.05, 3.63) is 29.3 Å². The van der Waals surface area contributed by atoms with Crippen molar-refractivity contribution in [3.8, 4) is 5.75 Å². The molecule has 2 saturated heterocycles. The van der Waals surface area contributed by atoms with Crippen LogP contribution in [0.25, 0.3) is 0 Å². The molecule has 2 fully saturated rings. The quantitative estimate of drug-likeness (QED) is 0.270. The predicted octanol–water partition coefficient (Wildman–Crippen LogP) is 2.30. The van der Waals surface area contributed by atoms with Gasteiger partial charge in [0.25, 0.3) is 0 Å². The Labute approximate surface area is 168 Å². The van der Waals surface area contributed by atoms with Gasteiger partial charge < -0.3 is 15.2 Å². The van der Waals surface area contributed by atoms with E-state index in [9.17, 15) is 14.2 Å². The molecule has 0 spiro atoms. The minimum Gasteiger partial charge on any atom is -0.404 e. The molecule has 28 heavy (non-hydrogen) atoms. The zero-order valence-electron chi connectivity index (χ0n) is 15.6. The number of Topliss-reactive ketones (excluding diaryl/α,β-unsaturated/α-hetero) is 1. The van der Waals surface area contributed by atoms with Gasteiger partial charge in [-0.15, -0.1) is 0 Å². The molecule has 154 valence electrons. The molecule has 0 radical (unpaired) electrons. The second-order valence-corrected chi connectivity index (χ2v) is 9.70. The number of unbranched alkanes of at least 4 members (excludes halogenated alkanes) is 1. The maximum Gasteiger partial charge on any atom is 0.524 e. The van der Waals surface area contributed by atoms with E-state index in [1.807, 2.05) is 11.8 Å². The van der Waals surface area contributed by atoms with Gasteiger partial charge in [0.2, 0.25) is 0 Å². The van der Waals surface area contributed by atoms with Crippen molar-refractivity contribution in [2.24, 2.45) is 0 Å². The molecule has 10 heteroatoms. The van der Waals surface area contributed by atoms with Crippen molar-refractivity contribution in [1.29, 1.82) is 0 Å². The minimum absolute atomic E-state index is 0.0806. The Bertz CT molecular complexity index is 798. The smallest absolute Gasteiger partial charge is 0.404 e. The van der Waals surface area contributed by atoms with E-state index in [2.05, 4.69) is 15.2 Å². The van der Waals surface area contributed by atoms with Gasteiger partial charge in [-0.05, 0) is 37.0 Å². The van der Waals surface area contributed by atoms with Gasteiger partial charge in [-0.1, -0.05) is 18.6 Å². The largest absolute Gasteiger partial charge is 0.524 e.